The average molecular weight is 201 g/mol. The molecule has 3 nitrogen and oxygen atoms in total. The van der Waals surface area contributed by atoms with E-state index in [1.165, 1.54) is 0 Å². The first kappa shape index (κ1) is 9.55. The summed E-state index contributed by atoms with van der Waals surface area (Å²) in [5.41, 5.74) is 2.04. The molecule has 76 valence electrons. The molecule has 0 saturated carbocycles. The zero-order chi connectivity index (χ0) is 9.38. The third-order valence-corrected chi connectivity index (χ3v) is 2.26. The van der Waals surface area contributed by atoms with Gasteiger partial charge in [-0.15, -0.1) is 0 Å². The van der Waals surface area contributed by atoms with Crippen LogP contribution in [0.1, 0.15) is 0 Å². The SMILES string of the molecule is O.c1ccc2c(c1)Nc1ccccc1O2. The summed E-state index contributed by atoms with van der Waals surface area (Å²) in [6.45, 7) is 0. The minimum atomic E-state index is 0. The lowest BCUT2D eigenvalue weighted by atomic mass is 10.2. The minimum Gasteiger partial charge on any atom is -0.453 e. The number of nitrogens with one attached hydrogen (secondary N) is 1. The van der Waals surface area contributed by atoms with Crippen molar-refractivity contribution in [2.75, 3.05) is 5.32 Å². The summed E-state index contributed by atoms with van der Waals surface area (Å²) in [5.74, 6) is 1.76. The van der Waals surface area contributed by atoms with E-state index in [9.17, 15) is 0 Å². The molecule has 15 heavy (non-hydrogen) atoms. The van der Waals surface area contributed by atoms with Crippen molar-refractivity contribution in [3.63, 3.8) is 0 Å². The third kappa shape index (κ3) is 1.53. The quantitative estimate of drug-likeness (QED) is 0.608. The Kier molecular flexibility index (Phi) is 2.31. The summed E-state index contributed by atoms with van der Waals surface area (Å²) < 4.78 is 5.71. The van der Waals surface area contributed by atoms with Gasteiger partial charge >= 0.3 is 0 Å². The van der Waals surface area contributed by atoms with E-state index in [1.54, 1.807) is 0 Å². The van der Waals surface area contributed by atoms with Gasteiger partial charge in [0, 0.05) is 0 Å². The van der Waals surface area contributed by atoms with Gasteiger partial charge in [-0.1, -0.05) is 24.3 Å². The van der Waals surface area contributed by atoms with E-state index in [0.717, 1.165) is 22.9 Å². The number of hydrogen-bond acceptors (Lipinski definition) is 2. The van der Waals surface area contributed by atoms with E-state index in [2.05, 4.69) is 5.32 Å². The topological polar surface area (TPSA) is 52.8 Å². The zero-order valence-corrected chi connectivity index (χ0v) is 8.03. The Bertz CT molecular complexity index is 395. The highest BCUT2D eigenvalue weighted by atomic mass is 16.5. The van der Waals surface area contributed by atoms with E-state index in [0.29, 0.717) is 0 Å². The molecule has 0 saturated heterocycles. The number of rotatable bonds is 0. The van der Waals surface area contributed by atoms with Gasteiger partial charge in [-0.25, -0.2) is 0 Å². The predicted molar refractivity (Wildman–Crippen MR) is 59.9 cm³/mol. The van der Waals surface area contributed by atoms with Crippen molar-refractivity contribution in [3.8, 4) is 11.5 Å². The first-order chi connectivity index (χ1) is 6.93. The Morgan fingerprint density at radius 3 is 1.73 bits per heavy atom. The van der Waals surface area contributed by atoms with Crippen molar-refractivity contribution in [2.24, 2.45) is 0 Å². The van der Waals surface area contributed by atoms with Crippen molar-refractivity contribution in [2.45, 2.75) is 0 Å². The average Bonchev–Trinajstić information content (AvgIpc) is 2.26. The Hall–Kier alpha value is -2.00. The molecule has 0 fully saturated rings. The van der Waals surface area contributed by atoms with Gasteiger partial charge in [0.15, 0.2) is 11.5 Å². The van der Waals surface area contributed by atoms with Gasteiger partial charge in [-0.05, 0) is 24.3 Å². The fourth-order valence-electron chi connectivity index (χ4n) is 1.58. The van der Waals surface area contributed by atoms with Crippen molar-refractivity contribution >= 4 is 11.4 Å². The van der Waals surface area contributed by atoms with Gasteiger partial charge in [0.05, 0.1) is 11.4 Å². The third-order valence-electron chi connectivity index (χ3n) is 2.26. The summed E-state index contributed by atoms with van der Waals surface area (Å²) in [4.78, 5) is 0. The maximum Gasteiger partial charge on any atom is 0.150 e. The molecule has 0 bridgehead atoms. The Morgan fingerprint density at radius 1 is 0.733 bits per heavy atom. The van der Waals surface area contributed by atoms with Crippen LogP contribution >= 0.6 is 0 Å². The van der Waals surface area contributed by atoms with Crippen LogP contribution < -0.4 is 10.1 Å². The van der Waals surface area contributed by atoms with E-state index >= 15 is 0 Å². The normalized spacial score (nSPS) is 11.2. The number of anilines is 2. The van der Waals surface area contributed by atoms with Gasteiger partial charge in [0.2, 0.25) is 0 Å². The molecule has 3 rings (SSSR count). The lowest BCUT2D eigenvalue weighted by Gasteiger charge is -2.20. The molecule has 0 spiro atoms. The molecule has 0 atom stereocenters. The van der Waals surface area contributed by atoms with Crippen LogP contribution in [0.2, 0.25) is 0 Å². The zero-order valence-electron chi connectivity index (χ0n) is 8.03. The van der Waals surface area contributed by atoms with Gasteiger partial charge in [-0.2, -0.15) is 0 Å². The monoisotopic (exact) mass is 201 g/mol. The first-order valence-corrected chi connectivity index (χ1v) is 4.56. The van der Waals surface area contributed by atoms with Crippen LogP contribution in [0.15, 0.2) is 48.5 Å². The van der Waals surface area contributed by atoms with Crippen LogP contribution in [0.5, 0.6) is 11.5 Å². The summed E-state index contributed by atoms with van der Waals surface area (Å²) >= 11 is 0. The van der Waals surface area contributed by atoms with Gasteiger partial charge in [0.25, 0.3) is 0 Å². The highest BCUT2D eigenvalue weighted by molar-refractivity contribution is 5.75. The molecule has 0 amide bonds. The highest BCUT2D eigenvalue weighted by Gasteiger charge is 2.13. The molecular weight excluding hydrogens is 190 g/mol. The molecule has 0 aliphatic carbocycles. The molecule has 1 aliphatic heterocycles. The second kappa shape index (κ2) is 3.63. The summed E-state index contributed by atoms with van der Waals surface area (Å²) in [6.07, 6.45) is 0. The second-order valence-electron chi connectivity index (χ2n) is 3.22. The summed E-state index contributed by atoms with van der Waals surface area (Å²) in [7, 11) is 0. The predicted octanol–water partition coefficient (Wildman–Crippen LogP) is 2.71. The van der Waals surface area contributed by atoms with E-state index < -0.39 is 0 Å². The molecule has 3 heteroatoms. The molecule has 3 N–H and O–H groups in total. The van der Waals surface area contributed by atoms with Crippen LogP contribution in [-0.4, -0.2) is 5.48 Å². The van der Waals surface area contributed by atoms with Gasteiger partial charge < -0.3 is 15.5 Å². The molecule has 1 heterocycles. The standard InChI is InChI=1S/C12H9NO.H2O/c1-3-7-11-9(5-1)13-10-6-2-4-8-12(10)14-11;/h1-8,13H;1H2. The Morgan fingerprint density at radius 2 is 1.20 bits per heavy atom. The van der Waals surface area contributed by atoms with Crippen molar-refractivity contribution < 1.29 is 10.2 Å². The van der Waals surface area contributed by atoms with E-state index in [4.69, 9.17) is 4.74 Å². The number of fused-ring (bicyclic) bond motifs is 2. The molecule has 0 unspecified atom stereocenters. The molecule has 2 aromatic rings. The molecule has 0 aromatic heterocycles. The Labute approximate surface area is 87.6 Å². The summed E-state index contributed by atoms with van der Waals surface area (Å²) in [6, 6.07) is 15.8. The molecule has 2 aromatic carbocycles. The molecule has 0 radical (unpaired) electrons. The van der Waals surface area contributed by atoms with Crippen molar-refractivity contribution in [3.05, 3.63) is 48.5 Å². The van der Waals surface area contributed by atoms with Crippen molar-refractivity contribution in [1.29, 1.82) is 0 Å². The minimum absolute atomic E-state index is 0. The summed E-state index contributed by atoms with van der Waals surface area (Å²) in [5, 5.41) is 3.32. The second-order valence-corrected chi connectivity index (χ2v) is 3.22. The highest BCUT2D eigenvalue weighted by Crippen LogP contribution is 2.40. The number of benzene rings is 2. The molecule has 1 aliphatic rings. The van der Waals surface area contributed by atoms with Gasteiger partial charge in [0.1, 0.15) is 0 Å². The largest absolute Gasteiger partial charge is 0.453 e. The van der Waals surface area contributed by atoms with Crippen LogP contribution in [0, 0.1) is 0 Å². The van der Waals surface area contributed by atoms with Crippen LogP contribution in [0.3, 0.4) is 0 Å². The lowest BCUT2D eigenvalue weighted by molar-refractivity contribution is 0.481. The number of hydrogen-bond donors (Lipinski definition) is 1. The number of para-hydroxylation sites is 4. The van der Waals surface area contributed by atoms with Crippen LogP contribution in [0.25, 0.3) is 0 Å². The number of ether oxygens (including phenoxy) is 1. The molecular formula is C12H11NO2. The van der Waals surface area contributed by atoms with Crippen molar-refractivity contribution in [1.82, 2.24) is 0 Å². The van der Waals surface area contributed by atoms with Crippen LogP contribution in [-0.2, 0) is 0 Å². The first-order valence-electron chi connectivity index (χ1n) is 4.56. The maximum atomic E-state index is 5.71. The fourth-order valence-corrected chi connectivity index (χ4v) is 1.58. The van der Waals surface area contributed by atoms with E-state index in [-0.39, 0.29) is 5.48 Å². The van der Waals surface area contributed by atoms with E-state index in [1.807, 2.05) is 48.5 Å². The fraction of sp³-hybridized carbons (Fsp3) is 0. The lowest BCUT2D eigenvalue weighted by Crippen LogP contribution is -2.01. The maximum absolute atomic E-state index is 5.71. The van der Waals surface area contributed by atoms with Gasteiger partial charge in [-0.3, -0.25) is 0 Å². The Balaban J connectivity index is 0.000000853. The smallest absolute Gasteiger partial charge is 0.150 e. The van der Waals surface area contributed by atoms with Crippen LogP contribution in [0.4, 0.5) is 11.4 Å².